The van der Waals surface area contributed by atoms with Crippen LogP contribution in [0.2, 0.25) is 0 Å². The van der Waals surface area contributed by atoms with Gasteiger partial charge in [-0.15, -0.1) is 0 Å². The molecular formula is C27H27N3O7S. The number of ether oxygens (including phenoxy) is 3. The third-order valence-corrected chi connectivity index (χ3v) is 5.55. The Morgan fingerprint density at radius 3 is 2.21 bits per heavy atom. The number of methoxy groups -OCH3 is 1. The van der Waals surface area contributed by atoms with Gasteiger partial charge in [0.05, 0.1) is 24.6 Å². The van der Waals surface area contributed by atoms with Gasteiger partial charge in [0.25, 0.3) is 10.1 Å². The van der Waals surface area contributed by atoms with Crippen molar-refractivity contribution >= 4 is 32.9 Å². The summed E-state index contributed by atoms with van der Waals surface area (Å²) in [4.78, 5) is 17.4. The second-order valence-corrected chi connectivity index (χ2v) is 10.4. The number of carbonyl (C=O) groups excluding carboxylic acids is 1. The number of rotatable bonds is 6. The second-order valence-electron chi connectivity index (χ2n) is 8.97. The summed E-state index contributed by atoms with van der Waals surface area (Å²) in [6.45, 7) is 3.89. The van der Waals surface area contributed by atoms with Gasteiger partial charge in [0, 0.05) is 18.0 Å². The van der Waals surface area contributed by atoms with Crippen LogP contribution >= 0.6 is 0 Å². The number of Topliss-reactive ketones (excluding diaryl/α,β-unsaturated/α-hetero) is 1. The monoisotopic (exact) mass is 537 g/mol. The molecule has 10 nitrogen and oxygen atoms in total. The highest BCUT2D eigenvalue weighted by Crippen LogP contribution is 2.41. The molecule has 3 heterocycles. The quantitative estimate of drug-likeness (QED) is 0.362. The van der Waals surface area contributed by atoms with E-state index in [1.807, 2.05) is 60.7 Å². The maximum atomic E-state index is 13.2. The van der Waals surface area contributed by atoms with E-state index in [-0.39, 0.29) is 5.78 Å². The number of aromatic nitrogens is 3. The van der Waals surface area contributed by atoms with E-state index in [4.69, 9.17) is 18.8 Å². The summed E-state index contributed by atoms with van der Waals surface area (Å²) < 4.78 is 44.8. The molecule has 4 aromatic rings. The number of benzene rings is 2. The predicted octanol–water partition coefficient (Wildman–Crippen LogP) is 4.07. The molecule has 0 saturated carbocycles. The number of hydrogen-bond acceptors (Lipinski definition) is 8. The van der Waals surface area contributed by atoms with E-state index in [1.165, 1.54) is 0 Å². The second kappa shape index (κ2) is 10.6. The minimum atomic E-state index is -3.67. The van der Waals surface area contributed by atoms with Crippen molar-refractivity contribution in [1.82, 2.24) is 14.6 Å². The zero-order valence-electron chi connectivity index (χ0n) is 21.3. The Morgan fingerprint density at radius 1 is 0.974 bits per heavy atom. The third kappa shape index (κ3) is 6.36. The first-order valence-corrected chi connectivity index (χ1v) is 13.4. The van der Waals surface area contributed by atoms with Crippen molar-refractivity contribution in [3.63, 3.8) is 0 Å². The molecule has 198 valence electrons. The van der Waals surface area contributed by atoms with Crippen LogP contribution in [0.1, 0.15) is 30.7 Å². The van der Waals surface area contributed by atoms with Crippen LogP contribution in [0, 0.1) is 0 Å². The lowest BCUT2D eigenvalue weighted by molar-refractivity contribution is -0.125. The van der Waals surface area contributed by atoms with Crippen molar-refractivity contribution in [1.29, 1.82) is 0 Å². The van der Waals surface area contributed by atoms with E-state index in [2.05, 4.69) is 10.1 Å². The van der Waals surface area contributed by atoms with Crippen LogP contribution in [-0.4, -0.2) is 52.3 Å². The third-order valence-electron chi connectivity index (χ3n) is 5.55. The molecule has 5 rings (SSSR count). The highest BCUT2D eigenvalue weighted by atomic mass is 32.2. The van der Waals surface area contributed by atoms with Gasteiger partial charge in [0.15, 0.2) is 11.2 Å². The van der Waals surface area contributed by atoms with Gasteiger partial charge in [-0.25, -0.2) is 9.50 Å². The van der Waals surface area contributed by atoms with E-state index in [9.17, 15) is 13.2 Å². The van der Waals surface area contributed by atoms with Crippen LogP contribution in [0.15, 0.2) is 73.1 Å². The first-order chi connectivity index (χ1) is 17.9. The van der Waals surface area contributed by atoms with Crippen molar-refractivity contribution in [2.45, 2.75) is 26.1 Å². The zero-order chi connectivity index (χ0) is 27.5. The maximum absolute atomic E-state index is 13.2. The van der Waals surface area contributed by atoms with Gasteiger partial charge in [-0.2, -0.15) is 13.5 Å². The fourth-order valence-corrected chi connectivity index (χ4v) is 3.77. The van der Waals surface area contributed by atoms with Gasteiger partial charge in [0.1, 0.15) is 23.9 Å². The first kappa shape index (κ1) is 26.8. The maximum Gasteiger partial charge on any atom is 0.261 e. The average molecular weight is 538 g/mol. The van der Waals surface area contributed by atoms with E-state index >= 15 is 0 Å². The lowest BCUT2D eigenvalue weighted by atomic mass is 9.92. The van der Waals surface area contributed by atoms with Gasteiger partial charge in [-0.05, 0) is 67.9 Å². The van der Waals surface area contributed by atoms with Crippen molar-refractivity contribution in [2.24, 2.45) is 0 Å². The largest absolute Gasteiger partial charge is 0.497 e. The molecule has 0 atom stereocenters. The highest BCUT2D eigenvalue weighted by Gasteiger charge is 2.42. The molecule has 0 spiro atoms. The van der Waals surface area contributed by atoms with Crippen molar-refractivity contribution < 1.29 is 32.0 Å². The summed E-state index contributed by atoms with van der Waals surface area (Å²) in [5.41, 5.74) is 2.81. The van der Waals surface area contributed by atoms with Crippen LogP contribution in [0.3, 0.4) is 0 Å². The molecule has 0 aliphatic carbocycles. The molecule has 1 aliphatic heterocycles. The van der Waals surface area contributed by atoms with E-state index in [0.717, 1.165) is 28.2 Å². The Bertz CT molecular complexity index is 1580. The Hall–Kier alpha value is -4.22. The van der Waals surface area contributed by atoms with Crippen LogP contribution in [0.25, 0.3) is 17.0 Å². The molecule has 1 N–H and O–H groups in total. The van der Waals surface area contributed by atoms with Crippen molar-refractivity contribution in [3.8, 4) is 11.5 Å². The van der Waals surface area contributed by atoms with Gasteiger partial charge in [-0.1, -0.05) is 12.1 Å². The molecule has 38 heavy (non-hydrogen) atoms. The number of carbonyl (C=O) groups is 1. The molecule has 11 heteroatoms. The smallest absolute Gasteiger partial charge is 0.261 e. The topological polar surface area (TPSA) is 129 Å². The Morgan fingerprint density at radius 2 is 1.58 bits per heavy atom. The molecule has 0 fully saturated rings. The Kier molecular flexibility index (Phi) is 7.51. The minimum Gasteiger partial charge on any atom is -0.497 e. The predicted molar refractivity (Wildman–Crippen MR) is 141 cm³/mol. The van der Waals surface area contributed by atoms with Crippen LogP contribution in [0.4, 0.5) is 0 Å². The van der Waals surface area contributed by atoms with Gasteiger partial charge in [0.2, 0.25) is 5.78 Å². The summed E-state index contributed by atoms with van der Waals surface area (Å²) in [6.07, 6.45) is 4.22. The number of nitrogens with zero attached hydrogens (tertiary/aromatic N) is 3. The van der Waals surface area contributed by atoms with Crippen LogP contribution in [-0.2, 0) is 26.3 Å². The molecule has 0 unspecified atom stereocenters. The van der Waals surface area contributed by atoms with E-state index < -0.39 is 15.7 Å². The van der Waals surface area contributed by atoms with Crippen molar-refractivity contribution in [2.75, 3.05) is 13.4 Å². The molecule has 1 aliphatic rings. The highest BCUT2D eigenvalue weighted by molar-refractivity contribution is 7.85. The molecular weight excluding hydrogens is 510 g/mol. The molecule has 0 saturated heterocycles. The summed E-state index contributed by atoms with van der Waals surface area (Å²) in [5, 5.41) is 4.46. The Balaban J connectivity index is 0.000000617. The lowest BCUT2D eigenvalue weighted by Gasteiger charge is -2.17. The fraction of sp³-hybridized carbons (Fsp3) is 0.222. The van der Waals surface area contributed by atoms with Gasteiger partial charge < -0.3 is 14.2 Å². The number of hydrogen-bond donors (Lipinski definition) is 1. The van der Waals surface area contributed by atoms with E-state index in [0.29, 0.717) is 29.9 Å². The summed E-state index contributed by atoms with van der Waals surface area (Å²) >= 11 is 0. The minimum absolute atomic E-state index is 0.0557. The summed E-state index contributed by atoms with van der Waals surface area (Å²) in [6, 6.07) is 18.7. The number of imidazole rings is 1. The van der Waals surface area contributed by atoms with Crippen LogP contribution in [0.5, 0.6) is 11.5 Å². The molecule has 0 radical (unpaired) electrons. The van der Waals surface area contributed by atoms with Gasteiger partial charge >= 0.3 is 0 Å². The summed E-state index contributed by atoms with van der Waals surface area (Å²) in [5.74, 6) is 1.94. The molecule has 2 aromatic heterocycles. The zero-order valence-corrected chi connectivity index (χ0v) is 22.1. The van der Waals surface area contributed by atoms with Crippen molar-refractivity contribution in [3.05, 3.63) is 89.9 Å². The number of fused-ring (bicyclic) bond motifs is 1. The Labute approximate surface area is 220 Å². The summed E-state index contributed by atoms with van der Waals surface area (Å²) in [7, 11) is -2.05. The molecule has 2 aromatic carbocycles. The molecule has 0 bridgehead atoms. The lowest BCUT2D eigenvalue weighted by Crippen LogP contribution is -2.29. The standard InChI is InChI=1S/C26H23N3O4.CH4O3S/c1-26(2)25(30)23(24(33-26)18-6-9-20(31-3)10-7-18)17-4-11-21(12-5-17)32-16-19-8-13-22-27-14-15-29(22)28-19;1-5(2,3)4/h4-15H,16H2,1-3H3;1H3,(H,2,3,4). The SMILES string of the molecule is COc1ccc(C2=C(c3ccc(OCc4ccc5nccn5n4)cc3)C(=O)C(C)(C)O2)cc1.CS(=O)(=O)O. The first-order valence-electron chi connectivity index (χ1n) is 11.5. The number of ketones is 1. The van der Waals surface area contributed by atoms with Gasteiger partial charge in [-0.3, -0.25) is 9.35 Å². The molecule has 0 amide bonds. The average Bonchev–Trinajstić information content (AvgIpc) is 3.43. The van der Waals surface area contributed by atoms with E-state index in [1.54, 1.807) is 37.9 Å². The normalized spacial score (nSPS) is 14.6. The fourth-order valence-electron chi connectivity index (χ4n) is 3.77. The van der Waals surface area contributed by atoms with Crippen LogP contribution < -0.4 is 9.47 Å².